The van der Waals surface area contributed by atoms with Gasteiger partial charge in [-0.1, -0.05) is 17.7 Å². The number of ether oxygens (including phenoxy) is 2. The summed E-state index contributed by atoms with van der Waals surface area (Å²) >= 11 is 5.96. The largest absolute Gasteiger partial charge is 0.465 e. The van der Waals surface area contributed by atoms with Crippen LogP contribution in [0.25, 0.3) is 22.2 Å². The van der Waals surface area contributed by atoms with Gasteiger partial charge in [0.25, 0.3) is 5.91 Å². The topological polar surface area (TPSA) is 89.8 Å². The maximum absolute atomic E-state index is 14.4. The van der Waals surface area contributed by atoms with E-state index >= 15 is 0 Å². The summed E-state index contributed by atoms with van der Waals surface area (Å²) < 4.78 is 27.3. The van der Waals surface area contributed by atoms with Crippen LogP contribution in [0.3, 0.4) is 0 Å². The number of carbonyl (C=O) groups is 2. The van der Waals surface area contributed by atoms with Gasteiger partial charge in [0, 0.05) is 43.4 Å². The summed E-state index contributed by atoms with van der Waals surface area (Å²) in [6.45, 7) is 10.6. The van der Waals surface area contributed by atoms with E-state index in [0.717, 1.165) is 41.8 Å². The summed E-state index contributed by atoms with van der Waals surface area (Å²) in [7, 11) is 1.36. The molecule has 0 spiro atoms. The molecule has 0 unspecified atom stereocenters. The molecule has 9 nitrogen and oxygen atoms in total. The van der Waals surface area contributed by atoms with Crippen LogP contribution in [-0.4, -0.2) is 76.3 Å². The summed E-state index contributed by atoms with van der Waals surface area (Å²) in [5.41, 5.74) is 3.84. The summed E-state index contributed by atoms with van der Waals surface area (Å²) in [6, 6.07) is 10.3. The number of aryl methyl sites for hydroxylation is 2. The van der Waals surface area contributed by atoms with Gasteiger partial charge in [0.1, 0.15) is 23.0 Å². The number of esters is 1. The number of amides is 1. The molecule has 2 aliphatic rings. The number of hydrogen-bond donors (Lipinski definition) is 0. The van der Waals surface area contributed by atoms with Gasteiger partial charge in [-0.05, 0) is 82.0 Å². The maximum atomic E-state index is 14.4. The first-order valence-electron chi connectivity index (χ1n) is 15.2. The van der Waals surface area contributed by atoms with Gasteiger partial charge in [-0.3, -0.25) is 4.79 Å². The van der Waals surface area contributed by atoms with Crippen molar-refractivity contribution in [3.05, 3.63) is 75.9 Å². The molecule has 236 valence electrons. The number of halogens is 2. The molecule has 5 heterocycles. The standard InChI is InChI=1S/C34H37ClFN5O4/c1-20-15-29(37-21(2)30(20)33(43)44-5)39-12-13-41(34(3,4)19-39)32(42)28-11-9-24-25(22-8-10-26(35)27(36)16-22)18-40(31(24)38-28)17-23-7-6-14-45-23/h8-11,15-16,18,23H,6-7,12-14,17,19H2,1-5H3/t23-/m0/s1. The molecule has 0 bridgehead atoms. The summed E-state index contributed by atoms with van der Waals surface area (Å²) in [5.74, 6) is -0.295. The smallest absolute Gasteiger partial charge is 0.339 e. The van der Waals surface area contributed by atoms with Gasteiger partial charge in [0.15, 0.2) is 0 Å². The Hall–Kier alpha value is -4.02. The molecule has 4 aromatic rings. The first-order valence-corrected chi connectivity index (χ1v) is 15.5. The van der Waals surface area contributed by atoms with Crippen LogP contribution in [0.1, 0.15) is 58.8 Å². The van der Waals surface area contributed by atoms with Gasteiger partial charge in [-0.15, -0.1) is 0 Å². The molecule has 2 fully saturated rings. The Balaban J connectivity index is 1.29. The molecule has 1 aromatic carbocycles. The number of piperazine rings is 1. The van der Waals surface area contributed by atoms with Gasteiger partial charge in [-0.2, -0.15) is 0 Å². The second kappa shape index (κ2) is 12.1. The molecule has 2 saturated heterocycles. The lowest BCUT2D eigenvalue weighted by atomic mass is 9.97. The van der Waals surface area contributed by atoms with Crippen LogP contribution in [0, 0.1) is 19.7 Å². The predicted octanol–water partition coefficient (Wildman–Crippen LogP) is 6.21. The van der Waals surface area contributed by atoms with E-state index in [0.29, 0.717) is 54.3 Å². The Kier molecular flexibility index (Phi) is 8.30. The zero-order valence-corrected chi connectivity index (χ0v) is 26.9. The molecule has 1 amide bonds. The Morgan fingerprint density at radius 2 is 1.93 bits per heavy atom. The zero-order chi connectivity index (χ0) is 32.0. The molecule has 0 saturated carbocycles. The van der Waals surface area contributed by atoms with Crippen molar-refractivity contribution in [2.75, 3.05) is 38.3 Å². The number of benzene rings is 1. The van der Waals surface area contributed by atoms with Gasteiger partial charge in [0.2, 0.25) is 0 Å². The fraction of sp³-hybridized carbons (Fsp3) is 0.412. The van der Waals surface area contributed by atoms with Gasteiger partial charge < -0.3 is 23.8 Å². The summed E-state index contributed by atoms with van der Waals surface area (Å²) in [4.78, 5) is 39.9. The first-order chi connectivity index (χ1) is 21.5. The Morgan fingerprint density at radius 3 is 2.60 bits per heavy atom. The Labute approximate surface area is 266 Å². The normalized spacial score (nSPS) is 18.1. The van der Waals surface area contributed by atoms with E-state index in [1.165, 1.54) is 13.2 Å². The van der Waals surface area contributed by atoms with Crippen molar-refractivity contribution in [2.45, 2.75) is 58.7 Å². The van der Waals surface area contributed by atoms with E-state index in [-0.39, 0.29) is 17.0 Å². The predicted molar refractivity (Wildman–Crippen MR) is 171 cm³/mol. The lowest BCUT2D eigenvalue weighted by Gasteiger charge is -2.47. The van der Waals surface area contributed by atoms with Gasteiger partial charge >= 0.3 is 5.97 Å². The quantitative estimate of drug-likeness (QED) is 0.233. The van der Waals surface area contributed by atoms with Crippen molar-refractivity contribution < 1.29 is 23.5 Å². The highest BCUT2D eigenvalue weighted by molar-refractivity contribution is 6.30. The number of aromatic nitrogens is 3. The second-order valence-electron chi connectivity index (χ2n) is 12.5. The third-order valence-electron chi connectivity index (χ3n) is 8.84. The molecule has 2 aliphatic heterocycles. The van der Waals surface area contributed by atoms with Crippen LogP contribution >= 0.6 is 11.6 Å². The van der Waals surface area contributed by atoms with E-state index in [4.69, 9.17) is 31.0 Å². The maximum Gasteiger partial charge on any atom is 0.339 e. The molecule has 0 radical (unpaired) electrons. The second-order valence-corrected chi connectivity index (χ2v) is 12.9. The number of nitrogens with zero attached hydrogens (tertiary/aromatic N) is 5. The van der Waals surface area contributed by atoms with Crippen molar-refractivity contribution >= 4 is 40.3 Å². The minimum Gasteiger partial charge on any atom is -0.465 e. The Bertz CT molecular complexity index is 1780. The van der Waals surface area contributed by atoms with Crippen LogP contribution in [0.4, 0.5) is 10.2 Å². The number of carbonyl (C=O) groups excluding carboxylic acids is 2. The minimum atomic E-state index is -0.540. The minimum absolute atomic E-state index is 0.0474. The molecular weight excluding hydrogens is 597 g/mol. The molecule has 45 heavy (non-hydrogen) atoms. The van der Waals surface area contributed by atoms with Crippen LogP contribution in [0.15, 0.2) is 42.6 Å². The average molecular weight is 634 g/mol. The van der Waals surface area contributed by atoms with Crippen molar-refractivity contribution in [1.29, 1.82) is 0 Å². The van der Waals surface area contributed by atoms with Crippen molar-refractivity contribution in [3.63, 3.8) is 0 Å². The third kappa shape index (κ3) is 5.89. The van der Waals surface area contributed by atoms with E-state index in [1.54, 1.807) is 25.1 Å². The molecule has 11 heteroatoms. The van der Waals surface area contributed by atoms with Gasteiger partial charge in [0.05, 0.1) is 41.6 Å². The molecule has 3 aromatic heterocycles. The highest BCUT2D eigenvalue weighted by atomic mass is 35.5. The number of pyridine rings is 2. The molecule has 0 aliphatic carbocycles. The number of hydrogen-bond acceptors (Lipinski definition) is 7. The van der Waals surface area contributed by atoms with E-state index < -0.39 is 17.3 Å². The highest BCUT2D eigenvalue weighted by Gasteiger charge is 2.38. The molecule has 6 rings (SSSR count). The fourth-order valence-electron chi connectivity index (χ4n) is 6.57. The van der Waals surface area contributed by atoms with Crippen LogP contribution in [0.5, 0.6) is 0 Å². The van der Waals surface area contributed by atoms with E-state index in [1.807, 2.05) is 48.6 Å². The number of rotatable bonds is 6. The number of anilines is 1. The fourth-order valence-corrected chi connectivity index (χ4v) is 6.69. The third-order valence-corrected chi connectivity index (χ3v) is 9.15. The first kappa shape index (κ1) is 31.0. The van der Waals surface area contributed by atoms with Crippen molar-refractivity contribution in [3.8, 4) is 11.1 Å². The van der Waals surface area contributed by atoms with Crippen LogP contribution < -0.4 is 4.90 Å². The van der Waals surface area contributed by atoms with Crippen LogP contribution in [0.2, 0.25) is 5.02 Å². The summed E-state index contributed by atoms with van der Waals surface area (Å²) in [6.07, 6.45) is 3.95. The summed E-state index contributed by atoms with van der Waals surface area (Å²) in [5, 5.41) is 0.886. The monoisotopic (exact) mass is 633 g/mol. The zero-order valence-electron chi connectivity index (χ0n) is 26.2. The van der Waals surface area contributed by atoms with E-state index in [9.17, 15) is 14.0 Å². The average Bonchev–Trinajstić information content (AvgIpc) is 3.65. The highest BCUT2D eigenvalue weighted by Crippen LogP contribution is 2.34. The SMILES string of the molecule is COC(=O)c1c(C)cc(N2CCN(C(=O)c3ccc4c(-c5ccc(Cl)c(F)c5)cn(C[C@@H]5CCCO5)c4n3)C(C)(C)C2)nc1C. The lowest BCUT2D eigenvalue weighted by molar-refractivity contribution is 0.0506. The molecular formula is C34H37ClFN5O4. The van der Waals surface area contributed by atoms with Crippen molar-refractivity contribution in [2.24, 2.45) is 0 Å². The lowest BCUT2D eigenvalue weighted by Crippen LogP contribution is -2.61. The number of fused-ring (bicyclic) bond motifs is 1. The van der Waals surface area contributed by atoms with Crippen molar-refractivity contribution in [1.82, 2.24) is 19.4 Å². The molecule has 0 N–H and O–H groups in total. The Morgan fingerprint density at radius 1 is 1.13 bits per heavy atom. The van der Waals surface area contributed by atoms with Crippen LogP contribution in [-0.2, 0) is 16.0 Å². The number of methoxy groups -OCH3 is 1. The van der Waals surface area contributed by atoms with Gasteiger partial charge in [-0.25, -0.2) is 19.2 Å². The van der Waals surface area contributed by atoms with E-state index in [2.05, 4.69) is 4.90 Å². The molecule has 1 atom stereocenters.